The van der Waals surface area contributed by atoms with E-state index in [1.54, 1.807) is 39.1 Å². The third-order valence-corrected chi connectivity index (χ3v) is 4.77. The summed E-state index contributed by atoms with van der Waals surface area (Å²) in [5, 5.41) is 11.0. The van der Waals surface area contributed by atoms with Crippen LogP contribution in [0.2, 0.25) is 0 Å². The topological polar surface area (TPSA) is 70.7 Å². The lowest BCUT2D eigenvalue weighted by Crippen LogP contribution is -2.40. The Morgan fingerprint density at radius 2 is 2.09 bits per heavy atom. The molecule has 2 heterocycles. The van der Waals surface area contributed by atoms with Gasteiger partial charge in [-0.3, -0.25) is 9.59 Å². The summed E-state index contributed by atoms with van der Waals surface area (Å²) in [5.41, 5.74) is 0.309. The Bertz CT molecular complexity index is 806. The molecule has 1 atom stereocenters. The van der Waals surface area contributed by atoms with Crippen molar-refractivity contribution in [1.82, 2.24) is 0 Å². The van der Waals surface area contributed by atoms with Gasteiger partial charge < -0.3 is 14.4 Å². The molecule has 0 unspecified atom stereocenters. The van der Waals surface area contributed by atoms with Gasteiger partial charge in [0, 0.05) is 17.1 Å². The number of ketones is 1. The third-order valence-electron chi connectivity index (χ3n) is 4.28. The maximum Gasteiger partial charge on any atom is 0.263 e. The second-order valence-electron chi connectivity index (χ2n) is 5.84. The maximum atomic E-state index is 12.7. The molecule has 0 saturated heterocycles. The number of fused-ring (bicyclic) bond motifs is 1. The minimum absolute atomic E-state index is 0.314. The number of aryl methyl sites for hydroxylation is 2. The van der Waals surface area contributed by atoms with Crippen molar-refractivity contribution in [1.29, 1.82) is 0 Å². The van der Waals surface area contributed by atoms with Crippen LogP contribution in [-0.2, 0) is 10.4 Å². The highest BCUT2D eigenvalue weighted by Crippen LogP contribution is 2.43. The molecule has 0 spiro atoms. The number of anilines is 1. The zero-order valence-corrected chi connectivity index (χ0v) is 14.6. The van der Waals surface area contributed by atoms with E-state index in [0.29, 0.717) is 28.1 Å². The molecule has 120 valence electrons. The number of likely N-dealkylation sites (N-methyl/N-ethyl adjacent to an activating group) is 1. The van der Waals surface area contributed by atoms with Gasteiger partial charge in [-0.2, -0.15) is 0 Å². The molecule has 5 nitrogen and oxygen atoms in total. The SMILES string of the molecule is Cc1coc(C)c1C(=O)C[C@]1(O)C(=O)N(C)c2ccc(Br)cc21. The van der Waals surface area contributed by atoms with Crippen LogP contribution in [0.1, 0.15) is 33.7 Å². The summed E-state index contributed by atoms with van der Waals surface area (Å²) in [7, 11) is 1.59. The molecule has 1 amide bonds. The Morgan fingerprint density at radius 3 is 2.70 bits per heavy atom. The zero-order valence-electron chi connectivity index (χ0n) is 13.0. The average molecular weight is 378 g/mol. The number of carbonyl (C=O) groups excluding carboxylic acids is 2. The van der Waals surface area contributed by atoms with Crippen molar-refractivity contribution in [3.8, 4) is 0 Å². The molecule has 0 radical (unpaired) electrons. The fraction of sp³-hybridized carbons (Fsp3) is 0.294. The number of amides is 1. The zero-order chi connectivity index (χ0) is 16.9. The number of Topliss-reactive ketones (excluding diaryl/α,β-unsaturated/α-hetero) is 1. The van der Waals surface area contributed by atoms with Crippen LogP contribution in [0.25, 0.3) is 0 Å². The summed E-state index contributed by atoms with van der Waals surface area (Å²) in [4.78, 5) is 26.6. The predicted molar refractivity (Wildman–Crippen MR) is 88.6 cm³/mol. The molecule has 1 aliphatic rings. The van der Waals surface area contributed by atoms with Gasteiger partial charge in [0.2, 0.25) is 0 Å². The van der Waals surface area contributed by atoms with Crippen molar-refractivity contribution < 1.29 is 19.1 Å². The van der Waals surface area contributed by atoms with E-state index in [1.807, 2.05) is 0 Å². The number of hydrogen-bond acceptors (Lipinski definition) is 4. The first-order valence-electron chi connectivity index (χ1n) is 7.14. The number of benzene rings is 1. The van der Waals surface area contributed by atoms with Gasteiger partial charge in [-0.1, -0.05) is 15.9 Å². The number of aliphatic hydroxyl groups is 1. The standard InChI is InChI=1S/C17H16BrNO4/c1-9-8-23-10(2)15(9)14(20)7-17(22)12-6-11(18)4-5-13(12)19(3)16(17)21/h4-6,8,22H,7H2,1-3H3/t17-/m1/s1. The molecule has 1 aliphatic heterocycles. The number of halogens is 1. The van der Waals surface area contributed by atoms with Crippen LogP contribution < -0.4 is 4.90 Å². The highest BCUT2D eigenvalue weighted by Gasteiger charge is 2.50. The van der Waals surface area contributed by atoms with Crippen LogP contribution in [0.3, 0.4) is 0 Å². The third kappa shape index (κ3) is 2.33. The fourth-order valence-corrected chi connectivity index (χ4v) is 3.48. The molecule has 0 aliphatic carbocycles. The van der Waals surface area contributed by atoms with Crippen molar-refractivity contribution >= 4 is 33.3 Å². The van der Waals surface area contributed by atoms with E-state index in [4.69, 9.17) is 4.42 Å². The van der Waals surface area contributed by atoms with Gasteiger partial charge in [0.05, 0.1) is 23.9 Å². The summed E-state index contributed by atoms with van der Waals surface area (Å²) < 4.78 is 5.98. The van der Waals surface area contributed by atoms with Crippen molar-refractivity contribution in [2.45, 2.75) is 25.9 Å². The Hall–Kier alpha value is -1.92. The predicted octanol–water partition coefficient (Wildman–Crippen LogP) is 3.10. The molecular formula is C17H16BrNO4. The summed E-state index contributed by atoms with van der Waals surface area (Å²) in [6, 6.07) is 5.22. The first-order valence-corrected chi connectivity index (χ1v) is 7.93. The smallest absolute Gasteiger partial charge is 0.263 e. The Morgan fingerprint density at radius 1 is 1.39 bits per heavy atom. The Kier molecular flexibility index (Phi) is 3.69. The van der Waals surface area contributed by atoms with E-state index >= 15 is 0 Å². The molecule has 3 rings (SSSR count). The minimum atomic E-state index is -1.86. The van der Waals surface area contributed by atoms with Crippen molar-refractivity contribution in [3.05, 3.63) is 51.4 Å². The van der Waals surface area contributed by atoms with Gasteiger partial charge in [0.25, 0.3) is 5.91 Å². The van der Waals surface area contributed by atoms with Gasteiger partial charge >= 0.3 is 0 Å². The maximum absolute atomic E-state index is 12.7. The Labute approximate surface area is 142 Å². The van der Waals surface area contributed by atoms with Crippen molar-refractivity contribution in [2.75, 3.05) is 11.9 Å². The highest BCUT2D eigenvalue weighted by molar-refractivity contribution is 9.10. The lowest BCUT2D eigenvalue weighted by Gasteiger charge is -2.21. The van der Waals surface area contributed by atoms with E-state index in [-0.39, 0.29) is 12.2 Å². The number of rotatable bonds is 3. The largest absolute Gasteiger partial charge is 0.469 e. The van der Waals surface area contributed by atoms with Gasteiger partial charge in [-0.05, 0) is 37.6 Å². The molecule has 0 bridgehead atoms. The quantitative estimate of drug-likeness (QED) is 0.834. The summed E-state index contributed by atoms with van der Waals surface area (Å²) in [6.45, 7) is 3.46. The van der Waals surface area contributed by atoms with Gasteiger partial charge in [0.15, 0.2) is 11.4 Å². The lowest BCUT2D eigenvalue weighted by atomic mass is 9.87. The van der Waals surface area contributed by atoms with E-state index < -0.39 is 11.5 Å². The van der Waals surface area contributed by atoms with Crippen LogP contribution in [0, 0.1) is 13.8 Å². The molecule has 2 aromatic rings. The summed E-state index contributed by atoms with van der Waals surface area (Å²) in [6.07, 6.45) is 1.18. The van der Waals surface area contributed by atoms with Gasteiger partial charge in [-0.25, -0.2) is 0 Å². The van der Waals surface area contributed by atoms with Gasteiger partial charge in [-0.15, -0.1) is 0 Å². The highest BCUT2D eigenvalue weighted by atomic mass is 79.9. The molecule has 6 heteroatoms. The van der Waals surface area contributed by atoms with Crippen LogP contribution in [-0.4, -0.2) is 23.8 Å². The second-order valence-corrected chi connectivity index (χ2v) is 6.75. The van der Waals surface area contributed by atoms with Crippen molar-refractivity contribution in [2.24, 2.45) is 0 Å². The van der Waals surface area contributed by atoms with E-state index in [0.717, 1.165) is 4.47 Å². The summed E-state index contributed by atoms with van der Waals surface area (Å²) in [5.74, 6) is -0.326. The van der Waals surface area contributed by atoms with E-state index in [2.05, 4.69) is 15.9 Å². The normalized spacial score (nSPS) is 20.0. The first kappa shape index (κ1) is 16.0. The number of furan rings is 1. The fourth-order valence-electron chi connectivity index (χ4n) is 3.11. The molecule has 0 saturated carbocycles. The van der Waals surface area contributed by atoms with Crippen LogP contribution in [0.15, 0.2) is 33.4 Å². The first-order chi connectivity index (χ1) is 10.8. The second kappa shape index (κ2) is 5.32. The number of nitrogens with zero attached hydrogens (tertiary/aromatic N) is 1. The van der Waals surface area contributed by atoms with E-state index in [9.17, 15) is 14.7 Å². The van der Waals surface area contributed by atoms with Crippen LogP contribution in [0.5, 0.6) is 0 Å². The lowest BCUT2D eigenvalue weighted by molar-refractivity contribution is -0.135. The molecule has 1 aromatic carbocycles. The van der Waals surface area contributed by atoms with Crippen LogP contribution in [0.4, 0.5) is 5.69 Å². The van der Waals surface area contributed by atoms with E-state index in [1.165, 1.54) is 11.2 Å². The number of carbonyl (C=O) groups is 2. The molecular weight excluding hydrogens is 362 g/mol. The minimum Gasteiger partial charge on any atom is -0.469 e. The molecule has 1 N–H and O–H groups in total. The van der Waals surface area contributed by atoms with Crippen LogP contribution >= 0.6 is 15.9 Å². The Balaban J connectivity index is 2.04. The summed E-state index contributed by atoms with van der Waals surface area (Å²) >= 11 is 3.34. The molecule has 23 heavy (non-hydrogen) atoms. The van der Waals surface area contributed by atoms with Gasteiger partial charge in [0.1, 0.15) is 5.76 Å². The average Bonchev–Trinajstić information content (AvgIpc) is 2.91. The molecule has 1 aromatic heterocycles. The monoisotopic (exact) mass is 377 g/mol. The number of hydrogen-bond donors (Lipinski definition) is 1. The van der Waals surface area contributed by atoms with Crippen molar-refractivity contribution in [3.63, 3.8) is 0 Å². The molecule has 0 fully saturated rings.